The minimum absolute atomic E-state index is 0.467. The highest BCUT2D eigenvalue weighted by atomic mass is 16.5. The van der Waals surface area contributed by atoms with Gasteiger partial charge in [-0.25, -0.2) is 0 Å². The normalized spacial score (nSPS) is 12.5. The molecule has 1 rings (SSSR count). The summed E-state index contributed by atoms with van der Waals surface area (Å²) in [5.74, 6) is 1.44. The third kappa shape index (κ3) is 3.04. The predicted molar refractivity (Wildman–Crippen MR) is 59.5 cm³/mol. The van der Waals surface area contributed by atoms with Crippen LogP contribution < -0.4 is 10.5 Å². The fourth-order valence-electron chi connectivity index (χ4n) is 1.28. The number of aryl methyl sites for hydroxylation is 1. The number of ether oxygens (including phenoxy) is 1. The Hall–Kier alpha value is -1.02. The molecule has 0 aromatic heterocycles. The van der Waals surface area contributed by atoms with Crippen molar-refractivity contribution < 1.29 is 4.74 Å². The Morgan fingerprint density at radius 1 is 1.36 bits per heavy atom. The molecule has 0 fully saturated rings. The molecule has 0 amide bonds. The van der Waals surface area contributed by atoms with Crippen LogP contribution in [0.15, 0.2) is 24.3 Å². The van der Waals surface area contributed by atoms with Crippen LogP contribution in [0.25, 0.3) is 0 Å². The van der Waals surface area contributed by atoms with Crippen LogP contribution in [0.4, 0.5) is 0 Å². The molecule has 0 spiro atoms. The molecule has 1 unspecified atom stereocenters. The van der Waals surface area contributed by atoms with Gasteiger partial charge in [0.1, 0.15) is 5.75 Å². The van der Waals surface area contributed by atoms with E-state index in [2.05, 4.69) is 19.9 Å². The molecule has 0 aliphatic heterocycles. The van der Waals surface area contributed by atoms with E-state index in [1.165, 1.54) is 5.56 Å². The second-order valence-corrected chi connectivity index (χ2v) is 3.59. The summed E-state index contributed by atoms with van der Waals surface area (Å²) in [5.41, 5.74) is 6.79. The zero-order valence-electron chi connectivity index (χ0n) is 8.99. The number of hydrogen-bond donors (Lipinski definition) is 1. The van der Waals surface area contributed by atoms with Gasteiger partial charge in [0.15, 0.2) is 0 Å². The zero-order valence-corrected chi connectivity index (χ0v) is 8.99. The van der Waals surface area contributed by atoms with Crippen LogP contribution in [0.1, 0.15) is 18.9 Å². The van der Waals surface area contributed by atoms with Crippen LogP contribution in [-0.4, -0.2) is 13.2 Å². The fourth-order valence-corrected chi connectivity index (χ4v) is 1.28. The highest BCUT2D eigenvalue weighted by Crippen LogP contribution is 2.17. The third-order valence-electron chi connectivity index (χ3n) is 2.48. The number of para-hydroxylation sites is 1. The van der Waals surface area contributed by atoms with Crippen molar-refractivity contribution in [3.63, 3.8) is 0 Å². The monoisotopic (exact) mass is 193 g/mol. The van der Waals surface area contributed by atoms with Gasteiger partial charge in [-0.05, 0) is 31.5 Å². The number of benzene rings is 1. The van der Waals surface area contributed by atoms with Gasteiger partial charge in [0.2, 0.25) is 0 Å². The molecule has 1 aromatic carbocycles. The van der Waals surface area contributed by atoms with Crippen molar-refractivity contribution >= 4 is 0 Å². The molecule has 2 heteroatoms. The zero-order chi connectivity index (χ0) is 10.4. The van der Waals surface area contributed by atoms with Gasteiger partial charge < -0.3 is 10.5 Å². The Morgan fingerprint density at radius 3 is 2.64 bits per heavy atom. The largest absolute Gasteiger partial charge is 0.493 e. The molecule has 0 saturated heterocycles. The second-order valence-electron chi connectivity index (χ2n) is 3.59. The van der Waals surface area contributed by atoms with Crippen molar-refractivity contribution in [1.29, 1.82) is 0 Å². The lowest BCUT2D eigenvalue weighted by Crippen LogP contribution is -2.20. The summed E-state index contributed by atoms with van der Waals surface area (Å²) in [5, 5.41) is 0. The molecule has 0 bridgehead atoms. The van der Waals surface area contributed by atoms with Crippen molar-refractivity contribution in [2.75, 3.05) is 13.2 Å². The minimum Gasteiger partial charge on any atom is -0.493 e. The van der Waals surface area contributed by atoms with Crippen LogP contribution in [0.2, 0.25) is 0 Å². The molecule has 2 nitrogen and oxygen atoms in total. The summed E-state index contributed by atoms with van der Waals surface area (Å²) in [6.45, 7) is 5.61. The van der Waals surface area contributed by atoms with Gasteiger partial charge in [-0.3, -0.25) is 0 Å². The van der Waals surface area contributed by atoms with Gasteiger partial charge in [0, 0.05) is 5.92 Å². The Balaban J connectivity index is 2.49. The molecule has 14 heavy (non-hydrogen) atoms. The summed E-state index contributed by atoms with van der Waals surface area (Å²) in [6.07, 6.45) is 1.07. The quantitative estimate of drug-likeness (QED) is 0.779. The smallest absolute Gasteiger partial charge is 0.122 e. The Kier molecular flexibility index (Phi) is 4.47. The van der Waals surface area contributed by atoms with Crippen LogP contribution in [0, 0.1) is 12.8 Å². The van der Waals surface area contributed by atoms with E-state index in [4.69, 9.17) is 10.5 Å². The summed E-state index contributed by atoms with van der Waals surface area (Å²) in [7, 11) is 0. The van der Waals surface area contributed by atoms with Crippen molar-refractivity contribution in [2.24, 2.45) is 11.7 Å². The molecule has 0 aliphatic rings. The molecule has 2 N–H and O–H groups in total. The van der Waals surface area contributed by atoms with E-state index < -0.39 is 0 Å². The van der Waals surface area contributed by atoms with E-state index in [-0.39, 0.29) is 0 Å². The maximum Gasteiger partial charge on any atom is 0.122 e. The molecule has 1 aromatic rings. The minimum atomic E-state index is 0.467. The van der Waals surface area contributed by atoms with E-state index in [1.54, 1.807) is 0 Å². The van der Waals surface area contributed by atoms with Crippen LogP contribution in [0.3, 0.4) is 0 Å². The molecular formula is C12H19NO. The van der Waals surface area contributed by atoms with Crippen LogP contribution in [-0.2, 0) is 0 Å². The standard InChI is InChI=1S/C12H19NO/c1-3-11(8-13)9-14-12-7-5-4-6-10(12)2/h4-7,11H,3,8-9,13H2,1-2H3. The van der Waals surface area contributed by atoms with E-state index in [0.717, 1.165) is 18.8 Å². The lowest BCUT2D eigenvalue weighted by atomic mass is 10.1. The number of nitrogens with two attached hydrogens (primary N) is 1. The topological polar surface area (TPSA) is 35.2 Å². The van der Waals surface area contributed by atoms with Crippen molar-refractivity contribution in [2.45, 2.75) is 20.3 Å². The van der Waals surface area contributed by atoms with E-state index in [0.29, 0.717) is 12.5 Å². The van der Waals surface area contributed by atoms with E-state index in [1.807, 2.05) is 18.2 Å². The molecule has 0 radical (unpaired) electrons. The number of rotatable bonds is 5. The number of hydrogen-bond acceptors (Lipinski definition) is 2. The van der Waals surface area contributed by atoms with Gasteiger partial charge >= 0.3 is 0 Å². The van der Waals surface area contributed by atoms with Crippen LogP contribution >= 0.6 is 0 Å². The Labute approximate surface area is 86.1 Å². The average Bonchev–Trinajstić information content (AvgIpc) is 2.22. The molecule has 0 aliphatic carbocycles. The summed E-state index contributed by atoms with van der Waals surface area (Å²) in [4.78, 5) is 0. The van der Waals surface area contributed by atoms with Crippen molar-refractivity contribution in [3.8, 4) is 5.75 Å². The first-order valence-corrected chi connectivity index (χ1v) is 5.16. The molecule has 78 valence electrons. The Bertz CT molecular complexity index is 269. The fraction of sp³-hybridized carbons (Fsp3) is 0.500. The van der Waals surface area contributed by atoms with Gasteiger partial charge in [-0.15, -0.1) is 0 Å². The van der Waals surface area contributed by atoms with Gasteiger partial charge in [-0.1, -0.05) is 25.1 Å². The first-order chi connectivity index (χ1) is 6.77. The third-order valence-corrected chi connectivity index (χ3v) is 2.48. The average molecular weight is 193 g/mol. The van der Waals surface area contributed by atoms with Crippen molar-refractivity contribution in [1.82, 2.24) is 0 Å². The summed E-state index contributed by atoms with van der Waals surface area (Å²) < 4.78 is 5.70. The van der Waals surface area contributed by atoms with Gasteiger partial charge in [0.05, 0.1) is 6.61 Å². The molecule has 0 heterocycles. The second kappa shape index (κ2) is 5.66. The SMILES string of the molecule is CCC(CN)COc1ccccc1C. The van der Waals surface area contributed by atoms with Crippen LogP contribution in [0.5, 0.6) is 5.75 Å². The Morgan fingerprint density at radius 2 is 2.07 bits per heavy atom. The van der Waals surface area contributed by atoms with Gasteiger partial charge in [-0.2, -0.15) is 0 Å². The molecule has 1 atom stereocenters. The molecule has 0 saturated carbocycles. The highest BCUT2D eigenvalue weighted by molar-refractivity contribution is 5.31. The summed E-state index contributed by atoms with van der Waals surface area (Å²) in [6, 6.07) is 8.06. The van der Waals surface area contributed by atoms with Gasteiger partial charge in [0.25, 0.3) is 0 Å². The first kappa shape index (κ1) is 11.1. The molecular weight excluding hydrogens is 174 g/mol. The maximum absolute atomic E-state index is 5.70. The lowest BCUT2D eigenvalue weighted by molar-refractivity contribution is 0.247. The first-order valence-electron chi connectivity index (χ1n) is 5.16. The predicted octanol–water partition coefficient (Wildman–Crippen LogP) is 2.36. The highest BCUT2D eigenvalue weighted by Gasteiger charge is 2.05. The van der Waals surface area contributed by atoms with E-state index in [9.17, 15) is 0 Å². The lowest BCUT2D eigenvalue weighted by Gasteiger charge is -2.14. The van der Waals surface area contributed by atoms with E-state index >= 15 is 0 Å². The maximum atomic E-state index is 5.70. The van der Waals surface area contributed by atoms with Crippen molar-refractivity contribution in [3.05, 3.63) is 29.8 Å². The summed E-state index contributed by atoms with van der Waals surface area (Å²) >= 11 is 0.